The molecular weight excluding hydrogens is 326 g/mol. The van der Waals surface area contributed by atoms with Crippen molar-refractivity contribution in [3.05, 3.63) is 65.2 Å². The van der Waals surface area contributed by atoms with Gasteiger partial charge in [0, 0.05) is 18.7 Å². The number of hydrogen-bond donors (Lipinski definition) is 3. The van der Waals surface area contributed by atoms with Crippen molar-refractivity contribution in [1.29, 1.82) is 0 Å². The number of rotatable bonds is 9. The van der Waals surface area contributed by atoms with Gasteiger partial charge in [0.1, 0.15) is 0 Å². The molecule has 0 unspecified atom stereocenters. The van der Waals surface area contributed by atoms with Crippen molar-refractivity contribution in [3.63, 3.8) is 0 Å². The molecule has 2 aromatic carbocycles. The third-order valence-corrected chi connectivity index (χ3v) is 4.06. The van der Waals surface area contributed by atoms with Gasteiger partial charge in [-0.05, 0) is 37.1 Å². The van der Waals surface area contributed by atoms with Crippen LogP contribution in [0.15, 0.2) is 48.5 Å². The maximum absolute atomic E-state index is 12.1. The minimum atomic E-state index is -0.224. The predicted octanol–water partition coefficient (Wildman–Crippen LogP) is 2.79. The van der Waals surface area contributed by atoms with Crippen LogP contribution in [0.3, 0.4) is 0 Å². The van der Waals surface area contributed by atoms with Crippen LogP contribution >= 0.6 is 0 Å². The fourth-order valence-corrected chi connectivity index (χ4v) is 2.53. The Balaban J connectivity index is 1.76. The summed E-state index contributed by atoms with van der Waals surface area (Å²) in [6.07, 6.45) is 1.03. The van der Waals surface area contributed by atoms with E-state index in [1.54, 1.807) is 0 Å². The van der Waals surface area contributed by atoms with Gasteiger partial charge in [0.25, 0.3) is 0 Å². The van der Waals surface area contributed by atoms with Crippen LogP contribution in [0.4, 0.5) is 5.69 Å². The van der Waals surface area contributed by atoms with Crippen LogP contribution in [0.5, 0.6) is 0 Å². The summed E-state index contributed by atoms with van der Waals surface area (Å²) in [4.78, 5) is 24.1. The average Bonchev–Trinajstić information content (AvgIpc) is 2.65. The van der Waals surface area contributed by atoms with Gasteiger partial charge < -0.3 is 16.0 Å². The molecule has 5 heteroatoms. The quantitative estimate of drug-likeness (QED) is 0.649. The predicted molar refractivity (Wildman–Crippen MR) is 105 cm³/mol. The fraction of sp³-hybridized carbons (Fsp3) is 0.333. The zero-order valence-corrected chi connectivity index (χ0v) is 15.5. The van der Waals surface area contributed by atoms with Crippen LogP contribution in [0.1, 0.15) is 30.0 Å². The Labute approximate surface area is 155 Å². The van der Waals surface area contributed by atoms with Crippen LogP contribution in [-0.2, 0) is 22.6 Å². The van der Waals surface area contributed by atoms with Gasteiger partial charge >= 0.3 is 0 Å². The van der Waals surface area contributed by atoms with E-state index in [9.17, 15) is 9.59 Å². The standard InChI is InChI=1S/C21H27N3O2/c1-3-22-14-18-6-4-5-7-19(18)24-21(26)15-23-20(25)13-12-17-10-8-16(2)9-11-17/h4-11,22H,3,12-15H2,1-2H3,(H,23,25)(H,24,26). The van der Waals surface area contributed by atoms with Gasteiger partial charge in [0.15, 0.2) is 0 Å². The van der Waals surface area contributed by atoms with Crippen molar-refractivity contribution in [2.75, 3.05) is 18.4 Å². The number of nitrogens with one attached hydrogen (secondary N) is 3. The smallest absolute Gasteiger partial charge is 0.243 e. The molecule has 2 rings (SSSR count). The molecule has 5 nitrogen and oxygen atoms in total. The topological polar surface area (TPSA) is 70.2 Å². The summed E-state index contributed by atoms with van der Waals surface area (Å²) in [5.41, 5.74) is 4.11. The summed E-state index contributed by atoms with van der Waals surface area (Å²) in [6.45, 7) is 5.59. The van der Waals surface area contributed by atoms with E-state index in [0.29, 0.717) is 19.4 Å². The van der Waals surface area contributed by atoms with Crippen molar-refractivity contribution in [2.24, 2.45) is 0 Å². The second-order valence-corrected chi connectivity index (χ2v) is 6.25. The molecule has 0 aliphatic carbocycles. The van der Waals surface area contributed by atoms with E-state index < -0.39 is 0 Å². The molecular formula is C21H27N3O2. The first kappa shape index (κ1) is 19.7. The van der Waals surface area contributed by atoms with Crippen molar-refractivity contribution >= 4 is 17.5 Å². The lowest BCUT2D eigenvalue weighted by atomic mass is 10.1. The number of aryl methyl sites for hydroxylation is 2. The second-order valence-electron chi connectivity index (χ2n) is 6.25. The molecule has 0 fully saturated rings. The fourth-order valence-electron chi connectivity index (χ4n) is 2.53. The van der Waals surface area contributed by atoms with Crippen LogP contribution in [-0.4, -0.2) is 24.9 Å². The molecule has 0 aliphatic heterocycles. The minimum absolute atomic E-state index is 0.0255. The molecule has 0 saturated heterocycles. The molecule has 0 atom stereocenters. The van der Waals surface area contributed by atoms with E-state index in [0.717, 1.165) is 23.4 Å². The summed E-state index contributed by atoms with van der Waals surface area (Å²) < 4.78 is 0. The SMILES string of the molecule is CCNCc1ccccc1NC(=O)CNC(=O)CCc1ccc(C)cc1. The first-order valence-electron chi connectivity index (χ1n) is 8.99. The maximum atomic E-state index is 12.1. The van der Waals surface area contributed by atoms with Crippen LogP contribution in [0.2, 0.25) is 0 Å². The van der Waals surface area contributed by atoms with Gasteiger partial charge in [0.2, 0.25) is 11.8 Å². The maximum Gasteiger partial charge on any atom is 0.243 e. The zero-order valence-electron chi connectivity index (χ0n) is 15.5. The molecule has 3 N–H and O–H groups in total. The Hall–Kier alpha value is -2.66. The summed E-state index contributed by atoms with van der Waals surface area (Å²) in [6, 6.07) is 15.8. The molecule has 0 aromatic heterocycles. The lowest BCUT2D eigenvalue weighted by Gasteiger charge is -2.12. The second kappa shape index (κ2) is 10.4. The van der Waals surface area contributed by atoms with E-state index in [4.69, 9.17) is 0 Å². The van der Waals surface area contributed by atoms with Crippen LogP contribution in [0, 0.1) is 6.92 Å². The Morgan fingerprint density at radius 3 is 2.42 bits per heavy atom. The molecule has 0 aliphatic rings. The Bertz CT molecular complexity index is 726. The van der Waals surface area contributed by atoms with Crippen molar-refractivity contribution < 1.29 is 9.59 Å². The highest BCUT2D eigenvalue weighted by Gasteiger charge is 2.08. The number of benzene rings is 2. The van der Waals surface area contributed by atoms with Crippen molar-refractivity contribution in [3.8, 4) is 0 Å². The highest BCUT2D eigenvalue weighted by atomic mass is 16.2. The number of hydrogen-bond acceptors (Lipinski definition) is 3. The summed E-state index contributed by atoms with van der Waals surface area (Å²) in [5, 5.41) is 8.78. The summed E-state index contributed by atoms with van der Waals surface area (Å²) in [7, 11) is 0. The number of carbonyl (C=O) groups excluding carboxylic acids is 2. The van der Waals surface area contributed by atoms with Gasteiger partial charge in [-0.2, -0.15) is 0 Å². The normalized spacial score (nSPS) is 10.4. The molecule has 2 amide bonds. The largest absolute Gasteiger partial charge is 0.347 e. The monoisotopic (exact) mass is 353 g/mol. The third kappa shape index (κ3) is 6.69. The number of para-hydroxylation sites is 1. The van der Waals surface area contributed by atoms with Crippen LogP contribution < -0.4 is 16.0 Å². The molecule has 138 valence electrons. The molecule has 2 aromatic rings. The summed E-state index contributed by atoms with van der Waals surface area (Å²) in [5.74, 6) is -0.348. The highest BCUT2D eigenvalue weighted by molar-refractivity contribution is 5.95. The van der Waals surface area contributed by atoms with Gasteiger partial charge in [-0.3, -0.25) is 9.59 Å². The molecule has 0 spiro atoms. The lowest BCUT2D eigenvalue weighted by molar-refractivity contribution is -0.124. The summed E-state index contributed by atoms with van der Waals surface area (Å²) >= 11 is 0. The number of carbonyl (C=O) groups is 2. The Morgan fingerprint density at radius 1 is 0.962 bits per heavy atom. The minimum Gasteiger partial charge on any atom is -0.347 e. The first-order valence-corrected chi connectivity index (χ1v) is 8.99. The molecule has 26 heavy (non-hydrogen) atoms. The highest BCUT2D eigenvalue weighted by Crippen LogP contribution is 2.14. The van der Waals surface area contributed by atoms with E-state index >= 15 is 0 Å². The molecule has 0 saturated carbocycles. The van der Waals surface area contributed by atoms with Gasteiger partial charge in [-0.25, -0.2) is 0 Å². The Morgan fingerprint density at radius 2 is 1.69 bits per heavy atom. The van der Waals surface area contributed by atoms with E-state index in [2.05, 4.69) is 16.0 Å². The third-order valence-electron chi connectivity index (χ3n) is 4.06. The Kier molecular flexibility index (Phi) is 7.83. The molecule has 0 radical (unpaired) electrons. The van der Waals surface area contributed by atoms with Crippen molar-refractivity contribution in [2.45, 2.75) is 33.2 Å². The van der Waals surface area contributed by atoms with Crippen LogP contribution in [0.25, 0.3) is 0 Å². The molecule has 0 heterocycles. The number of anilines is 1. The number of amides is 2. The zero-order chi connectivity index (χ0) is 18.8. The van der Waals surface area contributed by atoms with E-state index in [1.807, 2.05) is 62.4 Å². The van der Waals surface area contributed by atoms with Crippen molar-refractivity contribution in [1.82, 2.24) is 10.6 Å². The van der Waals surface area contributed by atoms with E-state index in [1.165, 1.54) is 5.56 Å². The van der Waals surface area contributed by atoms with E-state index in [-0.39, 0.29) is 18.4 Å². The first-order chi connectivity index (χ1) is 12.6. The lowest BCUT2D eigenvalue weighted by Crippen LogP contribution is -2.33. The average molecular weight is 353 g/mol. The van der Waals surface area contributed by atoms with Gasteiger partial charge in [-0.15, -0.1) is 0 Å². The van der Waals surface area contributed by atoms with Gasteiger partial charge in [0.05, 0.1) is 6.54 Å². The molecule has 0 bridgehead atoms. The van der Waals surface area contributed by atoms with Gasteiger partial charge in [-0.1, -0.05) is 55.0 Å².